The van der Waals surface area contributed by atoms with E-state index in [-0.39, 0.29) is 0 Å². The average Bonchev–Trinajstić information content (AvgIpc) is 3.28. The summed E-state index contributed by atoms with van der Waals surface area (Å²) in [5.74, 6) is 0.801. The molecule has 118 valence electrons. The Balaban J connectivity index is 1.90. The summed E-state index contributed by atoms with van der Waals surface area (Å²) in [5.41, 5.74) is 1.37. The number of nitrogens with one attached hydrogen (secondary N) is 1. The predicted octanol–water partition coefficient (Wildman–Crippen LogP) is 4.61. The predicted molar refractivity (Wildman–Crippen MR) is 94.6 cm³/mol. The van der Waals surface area contributed by atoms with Crippen LogP contribution >= 0.6 is 15.9 Å². The molecule has 2 nitrogen and oxygen atoms in total. The van der Waals surface area contributed by atoms with Gasteiger partial charge < -0.3 is 10.2 Å². The third-order valence-corrected chi connectivity index (χ3v) is 5.11. The van der Waals surface area contributed by atoms with Gasteiger partial charge in [-0.05, 0) is 56.8 Å². The SMILES string of the molecule is CNC(CCN(CCC(C)C)C1CC1)c1ccccc1Br. The normalized spacial score (nSPS) is 16.7. The van der Waals surface area contributed by atoms with Crippen LogP contribution in [0.15, 0.2) is 28.7 Å². The van der Waals surface area contributed by atoms with E-state index in [1.807, 2.05) is 0 Å². The summed E-state index contributed by atoms with van der Waals surface area (Å²) in [7, 11) is 2.07. The highest BCUT2D eigenvalue weighted by Gasteiger charge is 2.29. The van der Waals surface area contributed by atoms with Crippen LogP contribution < -0.4 is 5.32 Å². The van der Waals surface area contributed by atoms with Gasteiger partial charge in [0.15, 0.2) is 0 Å². The fourth-order valence-electron chi connectivity index (χ4n) is 2.85. The zero-order valence-electron chi connectivity index (χ0n) is 13.6. The van der Waals surface area contributed by atoms with Gasteiger partial charge in [0.05, 0.1) is 0 Å². The third kappa shape index (κ3) is 5.39. The fourth-order valence-corrected chi connectivity index (χ4v) is 3.41. The maximum Gasteiger partial charge on any atom is 0.0340 e. The molecule has 1 atom stereocenters. The molecule has 3 heteroatoms. The van der Waals surface area contributed by atoms with Crippen molar-refractivity contribution < 1.29 is 0 Å². The number of benzene rings is 1. The van der Waals surface area contributed by atoms with Crippen molar-refractivity contribution in [1.29, 1.82) is 0 Å². The first-order chi connectivity index (χ1) is 10.1. The Bertz CT molecular complexity index is 429. The summed E-state index contributed by atoms with van der Waals surface area (Å²) < 4.78 is 1.21. The molecule has 0 aromatic heterocycles. The molecule has 1 aromatic carbocycles. The summed E-state index contributed by atoms with van der Waals surface area (Å²) in [4.78, 5) is 2.71. The Hall–Kier alpha value is -0.380. The molecule has 0 radical (unpaired) electrons. The van der Waals surface area contributed by atoms with Gasteiger partial charge in [0.2, 0.25) is 0 Å². The van der Waals surface area contributed by atoms with Gasteiger partial charge >= 0.3 is 0 Å². The van der Waals surface area contributed by atoms with Gasteiger partial charge in [0.1, 0.15) is 0 Å². The molecule has 2 rings (SSSR count). The van der Waals surface area contributed by atoms with Crippen molar-refractivity contribution in [3.8, 4) is 0 Å². The monoisotopic (exact) mass is 352 g/mol. The van der Waals surface area contributed by atoms with Crippen LogP contribution in [-0.4, -0.2) is 31.1 Å². The molecule has 0 saturated heterocycles. The van der Waals surface area contributed by atoms with Crippen molar-refractivity contribution in [2.75, 3.05) is 20.1 Å². The van der Waals surface area contributed by atoms with Gasteiger partial charge in [-0.1, -0.05) is 48.0 Å². The van der Waals surface area contributed by atoms with Crippen molar-refractivity contribution >= 4 is 15.9 Å². The lowest BCUT2D eigenvalue weighted by Crippen LogP contribution is -2.32. The molecule has 1 saturated carbocycles. The first-order valence-electron chi connectivity index (χ1n) is 8.27. The van der Waals surface area contributed by atoms with Crippen molar-refractivity contribution in [2.24, 2.45) is 5.92 Å². The van der Waals surface area contributed by atoms with Gasteiger partial charge in [0.25, 0.3) is 0 Å². The smallest absolute Gasteiger partial charge is 0.0340 e. The maximum atomic E-state index is 3.68. The first kappa shape index (κ1) is 17.0. The molecule has 1 fully saturated rings. The minimum Gasteiger partial charge on any atom is -0.313 e. The lowest BCUT2D eigenvalue weighted by atomic mass is 10.0. The molecule has 0 aliphatic heterocycles. The number of halogens is 1. The Morgan fingerprint density at radius 3 is 2.43 bits per heavy atom. The minimum atomic E-state index is 0.431. The zero-order valence-corrected chi connectivity index (χ0v) is 15.2. The standard InChI is InChI=1S/C18H29BrN2/c1-14(2)10-12-21(15-8-9-15)13-11-18(20-3)16-6-4-5-7-17(16)19/h4-7,14-15,18,20H,8-13H2,1-3H3. The van der Waals surface area contributed by atoms with Crippen molar-refractivity contribution in [3.63, 3.8) is 0 Å². The quantitative estimate of drug-likeness (QED) is 0.697. The summed E-state index contributed by atoms with van der Waals surface area (Å²) in [6.07, 6.45) is 5.29. The second-order valence-corrected chi connectivity index (χ2v) is 7.46. The number of rotatable bonds is 9. The van der Waals surface area contributed by atoms with Gasteiger partial charge in [-0.2, -0.15) is 0 Å². The van der Waals surface area contributed by atoms with E-state index in [0.29, 0.717) is 6.04 Å². The zero-order chi connectivity index (χ0) is 15.2. The van der Waals surface area contributed by atoms with E-state index in [0.717, 1.165) is 12.0 Å². The molecular weight excluding hydrogens is 324 g/mol. The largest absolute Gasteiger partial charge is 0.313 e. The second kappa shape index (κ2) is 8.30. The summed E-state index contributed by atoms with van der Waals surface area (Å²) in [6, 6.07) is 9.86. The number of hydrogen-bond acceptors (Lipinski definition) is 2. The van der Waals surface area contributed by atoms with Crippen LogP contribution in [-0.2, 0) is 0 Å². The van der Waals surface area contributed by atoms with Crippen molar-refractivity contribution in [1.82, 2.24) is 10.2 Å². The molecular formula is C18H29BrN2. The molecule has 1 aromatic rings. The summed E-state index contributed by atoms with van der Waals surface area (Å²) >= 11 is 3.68. The fraction of sp³-hybridized carbons (Fsp3) is 0.667. The van der Waals surface area contributed by atoms with E-state index in [1.165, 1.54) is 48.8 Å². The van der Waals surface area contributed by atoms with Crippen LogP contribution in [0.2, 0.25) is 0 Å². The molecule has 0 heterocycles. The lowest BCUT2D eigenvalue weighted by molar-refractivity contribution is 0.235. The molecule has 0 amide bonds. The van der Waals surface area contributed by atoms with E-state index in [1.54, 1.807) is 0 Å². The first-order valence-corrected chi connectivity index (χ1v) is 9.07. The molecule has 1 unspecified atom stereocenters. The third-order valence-electron chi connectivity index (χ3n) is 4.39. The van der Waals surface area contributed by atoms with Crippen molar-refractivity contribution in [2.45, 2.75) is 51.6 Å². The molecule has 1 aliphatic rings. The highest BCUT2D eigenvalue weighted by atomic mass is 79.9. The lowest BCUT2D eigenvalue weighted by Gasteiger charge is -2.26. The molecule has 21 heavy (non-hydrogen) atoms. The Morgan fingerprint density at radius 2 is 1.86 bits per heavy atom. The Kier molecular flexibility index (Phi) is 6.72. The van der Waals surface area contributed by atoms with E-state index in [2.05, 4.69) is 71.3 Å². The van der Waals surface area contributed by atoms with Crippen LogP contribution in [0.5, 0.6) is 0 Å². The van der Waals surface area contributed by atoms with Crippen LogP contribution in [0.1, 0.15) is 51.1 Å². The summed E-state index contributed by atoms with van der Waals surface area (Å²) in [5, 5.41) is 3.48. The van der Waals surface area contributed by atoms with E-state index >= 15 is 0 Å². The van der Waals surface area contributed by atoms with E-state index in [9.17, 15) is 0 Å². The maximum absolute atomic E-state index is 3.68. The molecule has 1 N–H and O–H groups in total. The van der Waals surface area contributed by atoms with Gasteiger partial charge in [-0.15, -0.1) is 0 Å². The Labute approximate surface area is 138 Å². The van der Waals surface area contributed by atoms with E-state index < -0.39 is 0 Å². The van der Waals surface area contributed by atoms with Gasteiger partial charge in [-0.25, -0.2) is 0 Å². The molecule has 1 aliphatic carbocycles. The van der Waals surface area contributed by atoms with Gasteiger partial charge in [0, 0.05) is 23.1 Å². The number of hydrogen-bond donors (Lipinski definition) is 1. The van der Waals surface area contributed by atoms with Gasteiger partial charge in [-0.3, -0.25) is 0 Å². The highest BCUT2D eigenvalue weighted by Crippen LogP contribution is 2.30. The van der Waals surface area contributed by atoms with Crippen LogP contribution in [0.4, 0.5) is 0 Å². The topological polar surface area (TPSA) is 15.3 Å². The molecule has 0 spiro atoms. The second-order valence-electron chi connectivity index (χ2n) is 6.60. The summed E-state index contributed by atoms with van der Waals surface area (Å²) in [6.45, 7) is 7.10. The van der Waals surface area contributed by atoms with Crippen LogP contribution in [0, 0.1) is 5.92 Å². The average molecular weight is 353 g/mol. The van der Waals surface area contributed by atoms with Crippen LogP contribution in [0.3, 0.4) is 0 Å². The van der Waals surface area contributed by atoms with Crippen molar-refractivity contribution in [3.05, 3.63) is 34.3 Å². The molecule has 0 bridgehead atoms. The minimum absolute atomic E-state index is 0.431. The number of nitrogens with zero attached hydrogens (tertiary/aromatic N) is 1. The Morgan fingerprint density at radius 1 is 1.19 bits per heavy atom. The van der Waals surface area contributed by atoms with E-state index in [4.69, 9.17) is 0 Å². The van der Waals surface area contributed by atoms with Crippen LogP contribution in [0.25, 0.3) is 0 Å². The highest BCUT2D eigenvalue weighted by molar-refractivity contribution is 9.10.